The highest BCUT2D eigenvalue weighted by molar-refractivity contribution is 7.13. The highest BCUT2D eigenvalue weighted by atomic mass is 32.1. The van der Waals surface area contributed by atoms with Crippen LogP contribution in [0.3, 0.4) is 0 Å². The third-order valence-electron chi connectivity index (χ3n) is 4.69. The van der Waals surface area contributed by atoms with E-state index in [1.54, 1.807) is 7.11 Å². The van der Waals surface area contributed by atoms with Crippen molar-refractivity contribution in [3.05, 3.63) is 39.8 Å². The molecule has 0 saturated carbocycles. The van der Waals surface area contributed by atoms with Gasteiger partial charge in [-0.1, -0.05) is 19.1 Å². The van der Waals surface area contributed by atoms with Crippen LogP contribution in [0.4, 0.5) is 5.69 Å². The van der Waals surface area contributed by atoms with Crippen LogP contribution in [0.5, 0.6) is 5.75 Å². The molecule has 0 aliphatic carbocycles. The number of methoxy groups -OCH3 is 1. The van der Waals surface area contributed by atoms with Gasteiger partial charge >= 0.3 is 0 Å². The number of amides is 1. The molecule has 1 unspecified atom stereocenters. The highest BCUT2D eigenvalue weighted by Gasteiger charge is 2.25. The third-order valence-corrected chi connectivity index (χ3v) is 5.91. The first kappa shape index (κ1) is 18.7. The number of nitrogens with one attached hydrogen (secondary N) is 1. The van der Waals surface area contributed by atoms with E-state index in [4.69, 9.17) is 4.74 Å². The molecule has 1 N–H and O–H groups in total. The van der Waals surface area contributed by atoms with E-state index in [0.717, 1.165) is 65.8 Å². The van der Waals surface area contributed by atoms with E-state index in [1.165, 1.54) is 11.3 Å². The van der Waals surface area contributed by atoms with E-state index in [9.17, 15) is 4.79 Å². The maximum atomic E-state index is 12.7. The quantitative estimate of drug-likeness (QED) is 0.836. The summed E-state index contributed by atoms with van der Waals surface area (Å²) in [5.41, 5.74) is 1.93. The Morgan fingerprint density at radius 2 is 2.23 bits per heavy atom. The zero-order valence-electron chi connectivity index (χ0n) is 15.7. The topological polar surface area (TPSA) is 54.5 Å². The minimum atomic E-state index is 0.00855. The molecule has 1 saturated heterocycles. The monoisotopic (exact) mass is 373 g/mol. The molecule has 1 amide bonds. The number of ether oxygens (including phenoxy) is 1. The van der Waals surface area contributed by atoms with Gasteiger partial charge in [-0.15, -0.1) is 11.3 Å². The fraction of sp³-hybridized carbons (Fsp3) is 0.500. The van der Waals surface area contributed by atoms with Crippen LogP contribution >= 0.6 is 11.3 Å². The fourth-order valence-electron chi connectivity index (χ4n) is 3.44. The van der Waals surface area contributed by atoms with E-state index in [0.29, 0.717) is 0 Å². The van der Waals surface area contributed by atoms with E-state index < -0.39 is 0 Å². The van der Waals surface area contributed by atoms with Crippen molar-refractivity contribution in [3.63, 3.8) is 0 Å². The molecule has 2 aromatic rings. The van der Waals surface area contributed by atoms with Gasteiger partial charge in [0.25, 0.3) is 5.91 Å². The van der Waals surface area contributed by atoms with Crippen LogP contribution in [0.25, 0.3) is 0 Å². The van der Waals surface area contributed by atoms with Crippen LogP contribution in [0, 0.1) is 6.92 Å². The number of piperidine rings is 1. The van der Waals surface area contributed by atoms with Gasteiger partial charge in [-0.3, -0.25) is 4.79 Å². The lowest BCUT2D eigenvalue weighted by Gasteiger charge is -2.35. The van der Waals surface area contributed by atoms with Crippen molar-refractivity contribution in [2.75, 3.05) is 25.1 Å². The van der Waals surface area contributed by atoms with Gasteiger partial charge in [0.05, 0.1) is 23.5 Å². The number of nitrogens with zero attached hydrogens (tertiary/aromatic N) is 2. The molecule has 0 spiro atoms. The SMILES string of the molecule is CCCc1nc(C)c(C(=O)NC2CCCN(c3ccccc3OC)C2)s1. The summed E-state index contributed by atoms with van der Waals surface area (Å²) in [4.78, 5) is 20.3. The largest absolute Gasteiger partial charge is 0.495 e. The lowest BCUT2D eigenvalue weighted by atomic mass is 10.0. The zero-order chi connectivity index (χ0) is 18.5. The number of para-hydroxylation sites is 2. The summed E-state index contributed by atoms with van der Waals surface area (Å²) in [5, 5.41) is 4.27. The van der Waals surface area contributed by atoms with Crippen molar-refractivity contribution in [1.29, 1.82) is 0 Å². The summed E-state index contributed by atoms with van der Waals surface area (Å²) in [7, 11) is 1.70. The summed E-state index contributed by atoms with van der Waals surface area (Å²) in [6.45, 7) is 5.83. The minimum absolute atomic E-state index is 0.00855. The first-order valence-electron chi connectivity index (χ1n) is 9.27. The number of hydrogen-bond donors (Lipinski definition) is 1. The van der Waals surface area contributed by atoms with Crippen molar-refractivity contribution >= 4 is 22.9 Å². The Morgan fingerprint density at radius 1 is 1.42 bits per heavy atom. The van der Waals surface area contributed by atoms with Gasteiger partial charge < -0.3 is 15.0 Å². The Bertz CT molecular complexity index is 759. The predicted octanol–water partition coefficient (Wildman–Crippen LogP) is 3.81. The second-order valence-electron chi connectivity index (χ2n) is 6.70. The Balaban J connectivity index is 1.67. The van der Waals surface area contributed by atoms with E-state index >= 15 is 0 Å². The summed E-state index contributed by atoms with van der Waals surface area (Å²) >= 11 is 1.53. The molecule has 1 aliphatic rings. The Labute approximate surface area is 159 Å². The number of carbonyl (C=O) groups excluding carboxylic acids is 1. The van der Waals surface area contributed by atoms with Gasteiger partial charge in [-0.2, -0.15) is 0 Å². The van der Waals surface area contributed by atoms with Crippen molar-refractivity contribution in [1.82, 2.24) is 10.3 Å². The second-order valence-corrected chi connectivity index (χ2v) is 7.79. The molecule has 2 heterocycles. The molecule has 1 aromatic heterocycles. The standard InChI is InChI=1S/C20H27N3O2S/c1-4-8-18-21-14(2)19(26-18)20(24)22-15-9-7-12-23(13-15)16-10-5-6-11-17(16)25-3/h5-6,10-11,15H,4,7-9,12-13H2,1-3H3,(H,22,24). The van der Waals surface area contributed by atoms with Crippen LogP contribution in [0.1, 0.15) is 46.6 Å². The van der Waals surface area contributed by atoms with Crippen molar-refractivity contribution in [2.24, 2.45) is 0 Å². The molecule has 3 rings (SSSR count). The van der Waals surface area contributed by atoms with Gasteiger partial charge in [-0.25, -0.2) is 4.98 Å². The van der Waals surface area contributed by atoms with Gasteiger partial charge in [-0.05, 0) is 44.7 Å². The van der Waals surface area contributed by atoms with Crippen LogP contribution < -0.4 is 15.0 Å². The fourth-order valence-corrected chi connectivity index (χ4v) is 4.51. The number of anilines is 1. The van der Waals surface area contributed by atoms with Crippen LogP contribution in [-0.2, 0) is 6.42 Å². The molecule has 0 radical (unpaired) electrons. The lowest BCUT2D eigenvalue weighted by Crippen LogP contribution is -2.47. The summed E-state index contributed by atoms with van der Waals surface area (Å²) in [5.74, 6) is 0.885. The zero-order valence-corrected chi connectivity index (χ0v) is 16.6. The summed E-state index contributed by atoms with van der Waals surface area (Å²) < 4.78 is 5.49. The molecule has 26 heavy (non-hydrogen) atoms. The van der Waals surface area contributed by atoms with Gasteiger partial charge in [0.1, 0.15) is 10.6 Å². The second kappa shape index (κ2) is 8.54. The number of hydrogen-bond acceptors (Lipinski definition) is 5. The van der Waals surface area contributed by atoms with Gasteiger partial charge in [0, 0.05) is 19.1 Å². The van der Waals surface area contributed by atoms with Crippen LogP contribution in [0.2, 0.25) is 0 Å². The summed E-state index contributed by atoms with van der Waals surface area (Å²) in [6.07, 6.45) is 4.02. The van der Waals surface area contributed by atoms with E-state index in [-0.39, 0.29) is 11.9 Å². The number of benzene rings is 1. The maximum Gasteiger partial charge on any atom is 0.263 e. The minimum Gasteiger partial charge on any atom is -0.495 e. The molecule has 1 aliphatic heterocycles. The summed E-state index contributed by atoms with van der Waals surface area (Å²) in [6, 6.07) is 8.19. The molecule has 1 atom stereocenters. The number of aryl methyl sites for hydroxylation is 2. The third kappa shape index (κ3) is 4.18. The number of aromatic nitrogens is 1. The Kier molecular flexibility index (Phi) is 6.14. The van der Waals surface area contributed by atoms with Crippen molar-refractivity contribution in [3.8, 4) is 5.75 Å². The van der Waals surface area contributed by atoms with Crippen LogP contribution in [0.15, 0.2) is 24.3 Å². The van der Waals surface area contributed by atoms with Gasteiger partial charge in [0.15, 0.2) is 0 Å². The molecular weight excluding hydrogens is 346 g/mol. The smallest absolute Gasteiger partial charge is 0.263 e. The lowest BCUT2D eigenvalue weighted by molar-refractivity contribution is 0.0936. The number of carbonyl (C=O) groups is 1. The molecule has 6 heteroatoms. The number of thiazole rings is 1. The van der Waals surface area contributed by atoms with Crippen LogP contribution in [-0.4, -0.2) is 37.1 Å². The molecule has 1 fully saturated rings. The van der Waals surface area contributed by atoms with Gasteiger partial charge in [0.2, 0.25) is 0 Å². The first-order chi connectivity index (χ1) is 12.6. The number of rotatable bonds is 6. The van der Waals surface area contributed by atoms with Crippen molar-refractivity contribution < 1.29 is 9.53 Å². The Hall–Kier alpha value is -2.08. The molecule has 5 nitrogen and oxygen atoms in total. The normalized spacial score (nSPS) is 17.2. The molecule has 1 aromatic carbocycles. The highest BCUT2D eigenvalue weighted by Crippen LogP contribution is 2.30. The molecule has 140 valence electrons. The molecule has 0 bridgehead atoms. The van der Waals surface area contributed by atoms with Crippen molar-refractivity contribution in [2.45, 2.75) is 45.6 Å². The Morgan fingerprint density at radius 3 is 3.00 bits per heavy atom. The predicted molar refractivity (Wildman–Crippen MR) is 107 cm³/mol. The van der Waals surface area contributed by atoms with E-state index in [2.05, 4.69) is 28.2 Å². The average Bonchev–Trinajstić information content (AvgIpc) is 3.02. The molecular formula is C20H27N3O2S. The van der Waals surface area contributed by atoms with E-state index in [1.807, 2.05) is 25.1 Å². The average molecular weight is 374 g/mol. The maximum absolute atomic E-state index is 12.7. The first-order valence-corrected chi connectivity index (χ1v) is 10.1.